The Bertz CT molecular complexity index is 183. The number of hydrogen-bond acceptors (Lipinski definition) is 3. The molecule has 0 aliphatic heterocycles. The third-order valence-corrected chi connectivity index (χ3v) is 2.79. The molecule has 2 atom stereocenters. The first-order valence-electron chi connectivity index (χ1n) is 4.43. The van der Waals surface area contributed by atoms with Crippen molar-refractivity contribution in [3.8, 4) is 0 Å². The van der Waals surface area contributed by atoms with Gasteiger partial charge in [0.05, 0.1) is 0 Å². The van der Waals surface area contributed by atoms with Gasteiger partial charge in [0.2, 0.25) is 5.91 Å². The Morgan fingerprint density at radius 3 is 2.69 bits per heavy atom. The van der Waals surface area contributed by atoms with Crippen LogP contribution in [0, 0.1) is 0 Å². The fourth-order valence-electron chi connectivity index (χ4n) is 0.814. The molecule has 0 spiro atoms. The van der Waals surface area contributed by atoms with Crippen molar-refractivity contribution in [3.63, 3.8) is 0 Å². The van der Waals surface area contributed by atoms with Crippen molar-refractivity contribution < 1.29 is 9.00 Å². The summed E-state index contributed by atoms with van der Waals surface area (Å²) in [5, 5.41) is 2.66. The molecule has 0 aromatic carbocycles. The van der Waals surface area contributed by atoms with Gasteiger partial charge in [-0.25, -0.2) is 0 Å². The number of nitrogens with one attached hydrogen (secondary N) is 1. The number of amides is 1. The lowest BCUT2D eigenvalue weighted by molar-refractivity contribution is -0.118. The summed E-state index contributed by atoms with van der Waals surface area (Å²) in [4.78, 5) is 11.0. The van der Waals surface area contributed by atoms with Gasteiger partial charge in [-0.15, -0.1) is 0 Å². The monoisotopic (exact) mass is 206 g/mol. The van der Waals surface area contributed by atoms with Gasteiger partial charge in [-0.1, -0.05) is 6.92 Å². The molecule has 2 unspecified atom stereocenters. The molecule has 0 bridgehead atoms. The lowest BCUT2D eigenvalue weighted by Gasteiger charge is -2.05. The van der Waals surface area contributed by atoms with Crippen LogP contribution in [0.4, 0.5) is 0 Å². The van der Waals surface area contributed by atoms with E-state index in [-0.39, 0.29) is 17.7 Å². The molecule has 13 heavy (non-hydrogen) atoms. The Balaban J connectivity index is 3.59. The van der Waals surface area contributed by atoms with Crippen LogP contribution < -0.4 is 11.1 Å². The molecular weight excluding hydrogens is 188 g/mol. The highest BCUT2D eigenvalue weighted by atomic mass is 32.2. The van der Waals surface area contributed by atoms with Crippen molar-refractivity contribution in [3.05, 3.63) is 0 Å². The summed E-state index contributed by atoms with van der Waals surface area (Å²) in [5.41, 5.74) is 5.44. The predicted octanol–water partition coefficient (Wildman–Crippen LogP) is -0.391. The van der Waals surface area contributed by atoms with Crippen LogP contribution in [-0.4, -0.2) is 34.2 Å². The van der Waals surface area contributed by atoms with Crippen LogP contribution >= 0.6 is 0 Å². The summed E-state index contributed by atoms with van der Waals surface area (Å²) in [6.45, 7) is 4.40. The van der Waals surface area contributed by atoms with Gasteiger partial charge in [0.1, 0.15) is 5.75 Å². The van der Waals surface area contributed by atoms with Crippen molar-refractivity contribution in [1.29, 1.82) is 0 Å². The fourth-order valence-corrected chi connectivity index (χ4v) is 1.91. The minimum absolute atomic E-state index is 0.0710. The molecule has 3 N–H and O–H groups in total. The summed E-state index contributed by atoms with van der Waals surface area (Å²) in [7, 11) is -1.12. The number of nitrogens with two attached hydrogens (primary N) is 1. The number of carbonyl (C=O) groups is 1. The van der Waals surface area contributed by atoms with Gasteiger partial charge >= 0.3 is 0 Å². The zero-order valence-corrected chi connectivity index (χ0v) is 9.02. The summed E-state index contributed by atoms with van der Waals surface area (Å²) < 4.78 is 11.2. The number of hydrogen-bond donors (Lipinski definition) is 2. The standard InChI is InChI=1S/C8H18N2O2S/c1-3-4-10-8(11)6-13(12)5-7(2)9/h7H,3-6,9H2,1-2H3,(H,10,11). The first kappa shape index (κ1) is 12.6. The Morgan fingerprint density at radius 1 is 1.62 bits per heavy atom. The van der Waals surface area contributed by atoms with E-state index >= 15 is 0 Å². The second-order valence-corrected chi connectivity index (χ2v) is 4.58. The van der Waals surface area contributed by atoms with Crippen LogP contribution in [-0.2, 0) is 15.6 Å². The third kappa shape index (κ3) is 7.93. The van der Waals surface area contributed by atoms with E-state index in [1.165, 1.54) is 0 Å². The quantitative estimate of drug-likeness (QED) is 0.621. The maximum absolute atomic E-state index is 11.2. The summed E-state index contributed by atoms with van der Waals surface area (Å²) in [6.07, 6.45) is 0.895. The average Bonchev–Trinajstić information content (AvgIpc) is 1.98. The van der Waals surface area contributed by atoms with E-state index in [9.17, 15) is 9.00 Å². The van der Waals surface area contributed by atoms with Crippen molar-refractivity contribution in [2.45, 2.75) is 26.3 Å². The van der Waals surface area contributed by atoms with Crippen LogP contribution in [0.3, 0.4) is 0 Å². The largest absolute Gasteiger partial charge is 0.355 e. The molecule has 78 valence electrons. The molecule has 0 radical (unpaired) electrons. The Kier molecular flexibility index (Phi) is 6.80. The maximum Gasteiger partial charge on any atom is 0.232 e. The van der Waals surface area contributed by atoms with Crippen molar-refractivity contribution in [2.75, 3.05) is 18.1 Å². The van der Waals surface area contributed by atoms with Crippen LogP contribution in [0.2, 0.25) is 0 Å². The highest BCUT2D eigenvalue weighted by Gasteiger charge is 2.08. The van der Waals surface area contributed by atoms with E-state index < -0.39 is 10.8 Å². The van der Waals surface area contributed by atoms with E-state index in [1.54, 1.807) is 6.92 Å². The summed E-state index contributed by atoms with van der Waals surface area (Å²) in [6, 6.07) is -0.111. The van der Waals surface area contributed by atoms with Gasteiger partial charge in [0.15, 0.2) is 0 Å². The van der Waals surface area contributed by atoms with E-state index in [0.29, 0.717) is 12.3 Å². The highest BCUT2D eigenvalue weighted by Crippen LogP contribution is 1.86. The molecule has 5 heteroatoms. The predicted molar refractivity (Wildman–Crippen MR) is 54.8 cm³/mol. The zero-order chi connectivity index (χ0) is 10.3. The average molecular weight is 206 g/mol. The van der Waals surface area contributed by atoms with Gasteiger partial charge in [0, 0.05) is 29.1 Å². The first-order valence-corrected chi connectivity index (χ1v) is 5.92. The Morgan fingerprint density at radius 2 is 2.23 bits per heavy atom. The lowest BCUT2D eigenvalue weighted by Crippen LogP contribution is -2.32. The topological polar surface area (TPSA) is 72.2 Å². The normalized spacial score (nSPS) is 15.0. The molecule has 0 fully saturated rings. The molecule has 0 aromatic heterocycles. The van der Waals surface area contributed by atoms with Crippen LogP contribution in [0.15, 0.2) is 0 Å². The molecule has 0 aliphatic carbocycles. The van der Waals surface area contributed by atoms with E-state index in [4.69, 9.17) is 5.73 Å². The molecule has 1 amide bonds. The fraction of sp³-hybridized carbons (Fsp3) is 0.875. The molecule has 0 rings (SSSR count). The smallest absolute Gasteiger partial charge is 0.232 e. The molecule has 0 saturated heterocycles. The minimum atomic E-state index is -1.12. The second kappa shape index (κ2) is 7.03. The lowest BCUT2D eigenvalue weighted by atomic mass is 10.4. The van der Waals surface area contributed by atoms with E-state index in [2.05, 4.69) is 5.32 Å². The molecule has 4 nitrogen and oxygen atoms in total. The Labute approximate surface area is 81.7 Å². The van der Waals surface area contributed by atoms with Crippen LogP contribution in [0.1, 0.15) is 20.3 Å². The molecule has 0 heterocycles. The van der Waals surface area contributed by atoms with Crippen LogP contribution in [0.25, 0.3) is 0 Å². The first-order chi connectivity index (χ1) is 6.06. The summed E-state index contributed by atoms with van der Waals surface area (Å²) >= 11 is 0. The van der Waals surface area contributed by atoms with E-state index in [0.717, 1.165) is 6.42 Å². The number of rotatable bonds is 6. The SMILES string of the molecule is CCCNC(=O)CS(=O)CC(C)N. The van der Waals surface area contributed by atoms with Crippen LogP contribution in [0.5, 0.6) is 0 Å². The molecule has 0 aliphatic rings. The summed E-state index contributed by atoms with van der Waals surface area (Å²) in [5.74, 6) is 0.307. The molecular formula is C8H18N2O2S. The van der Waals surface area contributed by atoms with Gasteiger partial charge in [-0.2, -0.15) is 0 Å². The Hall–Kier alpha value is -0.420. The van der Waals surface area contributed by atoms with Crippen molar-refractivity contribution in [1.82, 2.24) is 5.32 Å². The van der Waals surface area contributed by atoms with Crippen molar-refractivity contribution in [2.24, 2.45) is 5.73 Å². The van der Waals surface area contributed by atoms with Gasteiger partial charge in [0.25, 0.3) is 0 Å². The third-order valence-electron chi connectivity index (χ3n) is 1.31. The highest BCUT2D eigenvalue weighted by molar-refractivity contribution is 7.85. The molecule has 0 aromatic rings. The number of carbonyl (C=O) groups excluding carboxylic acids is 1. The minimum Gasteiger partial charge on any atom is -0.355 e. The molecule has 0 saturated carbocycles. The second-order valence-electron chi connectivity index (χ2n) is 3.08. The van der Waals surface area contributed by atoms with E-state index in [1.807, 2.05) is 6.92 Å². The zero-order valence-electron chi connectivity index (χ0n) is 8.21. The van der Waals surface area contributed by atoms with Crippen molar-refractivity contribution >= 4 is 16.7 Å². The van der Waals surface area contributed by atoms with Gasteiger partial charge in [-0.3, -0.25) is 9.00 Å². The van der Waals surface area contributed by atoms with Gasteiger partial charge in [-0.05, 0) is 13.3 Å². The van der Waals surface area contributed by atoms with Gasteiger partial charge < -0.3 is 11.1 Å². The maximum atomic E-state index is 11.2.